The zero-order valence-corrected chi connectivity index (χ0v) is 9.18. The molecule has 3 N–H and O–H groups in total. The average Bonchev–Trinajstić information content (AvgIpc) is 2.93. The monoisotopic (exact) mass is 229 g/mol. The molecule has 0 aliphatic heterocycles. The summed E-state index contributed by atoms with van der Waals surface area (Å²) in [5.74, 6) is -0.987. The van der Waals surface area contributed by atoms with Crippen molar-refractivity contribution in [2.75, 3.05) is 0 Å². The van der Waals surface area contributed by atoms with E-state index in [1.165, 1.54) is 12.1 Å². The van der Waals surface area contributed by atoms with Gasteiger partial charge in [0.05, 0.1) is 0 Å². The van der Waals surface area contributed by atoms with Crippen LogP contribution in [0.25, 0.3) is 0 Å². The minimum absolute atomic E-state index is 0.136. The second-order valence-electron chi connectivity index (χ2n) is 4.20. The Morgan fingerprint density at radius 2 is 2.13 bits per heavy atom. The molecular weight excluding hydrogens is 217 g/mol. The van der Waals surface area contributed by atoms with Crippen molar-refractivity contribution in [1.29, 1.82) is 0 Å². The van der Waals surface area contributed by atoms with Crippen molar-refractivity contribution >= 4 is 11.6 Å². The molecule has 0 bridgehead atoms. The van der Waals surface area contributed by atoms with E-state index in [0.717, 1.165) is 12.8 Å². The standard InChI is InChI=1S/C11H13ClFNO/c1-6(14)11(4-5-11)9-7(12)2-3-8(13)10(9)15/h2-3,6,15H,4-5,14H2,1H3. The highest BCUT2D eigenvalue weighted by atomic mass is 35.5. The van der Waals surface area contributed by atoms with Gasteiger partial charge in [0.1, 0.15) is 0 Å². The van der Waals surface area contributed by atoms with Crippen LogP contribution in [0, 0.1) is 5.82 Å². The largest absolute Gasteiger partial charge is 0.505 e. The Labute approximate surface area is 92.9 Å². The lowest BCUT2D eigenvalue weighted by Gasteiger charge is -2.22. The highest BCUT2D eigenvalue weighted by Gasteiger charge is 2.50. The van der Waals surface area contributed by atoms with Gasteiger partial charge in [0, 0.05) is 22.0 Å². The lowest BCUT2D eigenvalue weighted by atomic mass is 9.88. The number of benzene rings is 1. The molecule has 1 fully saturated rings. The van der Waals surface area contributed by atoms with Gasteiger partial charge in [0.2, 0.25) is 0 Å². The Morgan fingerprint density at radius 1 is 1.53 bits per heavy atom. The molecule has 0 amide bonds. The van der Waals surface area contributed by atoms with Crippen molar-refractivity contribution in [3.63, 3.8) is 0 Å². The topological polar surface area (TPSA) is 46.2 Å². The van der Waals surface area contributed by atoms with Gasteiger partial charge in [-0.3, -0.25) is 0 Å². The molecule has 1 aromatic rings. The second-order valence-corrected chi connectivity index (χ2v) is 4.60. The van der Waals surface area contributed by atoms with Crippen molar-refractivity contribution in [3.05, 3.63) is 28.5 Å². The molecule has 0 spiro atoms. The summed E-state index contributed by atoms with van der Waals surface area (Å²) >= 11 is 5.99. The van der Waals surface area contributed by atoms with Gasteiger partial charge in [-0.05, 0) is 31.9 Å². The minimum atomic E-state index is -0.638. The molecule has 15 heavy (non-hydrogen) atoms. The maximum atomic E-state index is 13.2. The van der Waals surface area contributed by atoms with Gasteiger partial charge in [0.15, 0.2) is 11.6 Å². The Balaban J connectivity index is 2.57. The average molecular weight is 230 g/mol. The molecule has 0 aromatic heterocycles. The molecule has 0 saturated heterocycles. The van der Waals surface area contributed by atoms with E-state index in [2.05, 4.69) is 0 Å². The summed E-state index contributed by atoms with van der Waals surface area (Å²) in [5.41, 5.74) is 6.00. The van der Waals surface area contributed by atoms with Crippen LogP contribution in [0.3, 0.4) is 0 Å². The second kappa shape index (κ2) is 3.35. The van der Waals surface area contributed by atoms with E-state index in [9.17, 15) is 9.50 Å². The van der Waals surface area contributed by atoms with Crippen LogP contribution in [0.15, 0.2) is 12.1 Å². The number of hydrogen-bond acceptors (Lipinski definition) is 2. The first kappa shape index (κ1) is 10.7. The molecule has 82 valence electrons. The van der Waals surface area contributed by atoms with Crippen LogP contribution in [0.1, 0.15) is 25.3 Å². The van der Waals surface area contributed by atoms with Crippen molar-refractivity contribution in [2.45, 2.75) is 31.2 Å². The number of halogens is 2. The first-order valence-corrected chi connectivity index (χ1v) is 5.30. The SMILES string of the molecule is CC(N)C1(c2c(Cl)ccc(F)c2O)CC1. The van der Waals surface area contributed by atoms with Crippen molar-refractivity contribution < 1.29 is 9.50 Å². The first-order valence-electron chi connectivity index (χ1n) is 4.92. The molecule has 1 saturated carbocycles. The smallest absolute Gasteiger partial charge is 0.165 e. The fourth-order valence-electron chi connectivity index (χ4n) is 2.08. The normalized spacial score (nSPS) is 20.0. The van der Waals surface area contributed by atoms with Gasteiger partial charge in [-0.15, -0.1) is 0 Å². The van der Waals surface area contributed by atoms with Crippen molar-refractivity contribution in [3.8, 4) is 5.75 Å². The highest BCUT2D eigenvalue weighted by Crippen LogP contribution is 2.55. The molecule has 1 unspecified atom stereocenters. The zero-order valence-electron chi connectivity index (χ0n) is 8.43. The van der Waals surface area contributed by atoms with E-state index in [1.54, 1.807) is 0 Å². The summed E-state index contributed by atoms with van der Waals surface area (Å²) in [6, 6.07) is 2.50. The van der Waals surface area contributed by atoms with Crippen molar-refractivity contribution in [2.24, 2.45) is 5.73 Å². The van der Waals surface area contributed by atoms with Crippen LogP contribution in [0.2, 0.25) is 5.02 Å². The maximum absolute atomic E-state index is 13.2. The van der Waals surface area contributed by atoms with Crippen LogP contribution in [-0.4, -0.2) is 11.1 Å². The third-order valence-corrected chi connectivity index (χ3v) is 3.55. The number of phenols is 1. The lowest BCUT2D eigenvalue weighted by molar-refractivity contribution is 0.411. The van der Waals surface area contributed by atoms with Crippen LogP contribution >= 0.6 is 11.6 Å². The Hall–Kier alpha value is -0.800. The Kier molecular flexibility index (Phi) is 2.40. The summed E-state index contributed by atoms with van der Waals surface area (Å²) in [6.07, 6.45) is 1.70. The summed E-state index contributed by atoms with van der Waals surface area (Å²) in [5, 5.41) is 10.1. The first-order chi connectivity index (χ1) is 6.99. The molecule has 1 aliphatic rings. The Morgan fingerprint density at radius 3 is 2.60 bits per heavy atom. The number of hydrogen-bond donors (Lipinski definition) is 2. The fourth-order valence-corrected chi connectivity index (χ4v) is 2.42. The quantitative estimate of drug-likeness (QED) is 0.819. The van der Waals surface area contributed by atoms with Gasteiger partial charge in [0.25, 0.3) is 0 Å². The molecule has 2 rings (SSSR count). The third kappa shape index (κ3) is 1.50. The molecular formula is C11H13ClFNO. The van der Waals surface area contributed by atoms with E-state index < -0.39 is 5.82 Å². The molecule has 1 aliphatic carbocycles. The number of phenolic OH excluding ortho intramolecular Hbond substituents is 1. The Bertz CT molecular complexity index is 402. The van der Waals surface area contributed by atoms with Crippen LogP contribution in [0.5, 0.6) is 5.75 Å². The maximum Gasteiger partial charge on any atom is 0.165 e. The van der Waals surface area contributed by atoms with Crippen molar-refractivity contribution in [1.82, 2.24) is 0 Å². The predicted octanol–water partition coefficient (Wildman–Crippen LogP) is 2.56. The summed E-state index contributed by atoms with van der Waals surface area (Å²) in [7, 11) is 0. The molecule has 1 aromatic carbocycles. The van der Waals surface area contributed by atoms with Crippen LogP contribution < -0.4 is 5.73 Å². The lowest BCUT2D eigenvalue weighted by Crippen LogP contribution is -2.32. The van der Waals surface area contributed by atoms with Crippen LogP contribution in [0.4, 0.5) is 4.39 Å². The molecule has 4 heteroatoms. The third-order valence-electron chi connectivity index (χ3n) is 3.24. The van der Waals surface area contributed by atoms with E-state index in [-0.39, 0.29) is 17.2 Å². The van der Waals surface area contributed by atoms with E-state index in [4.69, 9.17) is 17.3 Å². The van der Waals surface area contributed by atoms with E-state index >= 15 is 0 Å². The molecule has 0 heterocycles. The highest BCUT2D eigenvalue weighted by molar-refractivity contribution is 6.31. The van der Waals surface area contributed by atoms with E-state index in [1.807, 2.05) is 6.92 Å². The predicted molar refractivity (Wildman–Crippen MR) is 57.6 cm³/mol. The summed E-state index contributed by atoms with van der Waals surface area (Å²) in [6.45, 7) is 1.85. The van der Waals surface area contributed by atoms with Gasteiger partial charge in [-0.25, -0.2) is 4.39 Å². The zero-order chi connectivity index (χ0) is 11.2. The number of aromatic hydroxyl groups is 1. The van der Waals surface area contributed by atoms with Gasteiger partial charge in [-0.2, -0.15) is 0 Å². The molecule has 0 radical (unpaired) electrons. The van der Waals surface area contributed by atoms with Gasteiger partial charge >= 0.3 is 0 Å². The van der Waals surface area contributed by atoms with Gasteiger partial charge in [-0.1, -0.05) is 11.6 Å². The minimum Gasteiger partial charge on any atom is -0.505 e. The van der Waals surface area contributed by atoms with Crippen LogP contribution in [-0.2, 0) is 5.41 Å². The summed E-state index contributed by atoms with van der Waals surface area (Å²) < 4.78 is 13.2. The summed E-state index contributed by atoms with van der Waals surface area (Å²) in [4.78, 5) is 0. The van der Waals surface area contributed by atoms with E-state index in [0.29, 0.717) is 10.6 Å². The molecule has 2 nitrogen and oxygen atoms in total. The number of rotatable bonds is 2. The molecule has 1 atom stereocenters. The number of nitrogens with two attached hydrogens (primary N) is 1. The van der Waals surface area contributed by atoms with Gasteiger partial charge < -0.3 is 10.8 Å². The fraction of sp³-hybridized carbons (Fsp3) is 0.455.